The van der Waals surface area contributed by atoms with Gasteiger partial charge in [-0.25, -0.2) is 0 Å². The molecular formula is C44H31N. The summed E-state index contributed by atoms with van der Waals surface area (Å²) in [4.78, 5) is 1.35. The van der Waals surface area contributed by atoms with Gasteiger partial charge in [-0.05, 0) is 91.2 Å². The first-order chi connectivity index (χ1) is 25.7. The van der Waals surface area contributed by atoms with Gasteiger partial charge in [0.05, 0.1) is 11.0 Å². The topological polar surface area (TPSA) is 3.24 Å². The van der Waals surface area contributed by atoms with Crippen molar-refractivity contribution >= 4 is 38.6 Å². The Hall–Kier alpha value is -5.92. The molecule has 0 bridgehead atoms. The number of anilines is 3. The Morgan fingerprint density at radius 3 is 1.58 bits per heavy atom. The van der Waals surface area contributed by atoms with Gasteiger partial charge >= 0.3 is 0 Å². The molecule has 0 radical (unpaired) electrons. The lowest BCUT2D eigenvalue weighted by Gasteiger charge is -2.26. The highest BCUT2D eigenvalue weighted by molar-refractivity contribution is 6.04. The van der Waals surface area contributed by atoms with E-state index in [-0.39, 0.29) is 70.8 Å². The maximum atomic E-state index is 9.57. The molecule has 0 N–H and O–H groups in total. The van der Waals surface area contributed by atoms with Gasteiger partial charge in [-0.15, -0.1) is 0 Å². The molecule has 0 atom stereocenters. The Morgan fingerprint density at radius 1 is 0.356 bits per heavy atom. The summed E-state index contributed by atoms with van der Waals surface area (Å²) >= 11 is 0. The van der Waals surface area contributed by atoms with Gasteiger partial charge < -0.3 is 4.90 Å². The predicted molar refractivity (Wildman–Crippen MR) is 192 cm³/mol. The van der Waals surface area contributed by atoms with E-state index in [4.69, 9.17) is 2.74 Å². The molecule has 0 fully saturated rings. The summed E-state index contributed by atoms with van der Waals surface area (Å²) in [5, 5.41) is 3.36. The molecule has 0 saturated heterocycles. The lowest BCUT2D eigenvalue weighted by atomic mass is 9.89. The Bertz CT molecular complexity index is 2660. The average Bonchev–Trinajstić information content (AvgIpc) is 3.19. The number of benzene rings is 8. The second-order valence-electron chi connectivity index (χ2n) is 10.8. The van der Waals surface area contributed by atoms with E-state index in [9.17, 15) is 8.22 Å². The number of nitrogens with zero attached hydrogens (tertiary/aromatic N) is 1. The summed E-state index contributed by atoms with van der Waals surface area (Å²) in [6.45, 7) is 0. The Kier molecular flexibility index (Phi) is 5.01. The minimum Gasteiger partial charge on any atom is -0.310 e. The highest BCUT2D eigenvalue weighted by Gasteiger charge is 2.16. The monoisotopic (exact) mass is 581 g/mol. The van der Waals surface area contributed by atoms with Gasteiger partial charge in [-0.3, -0.25) is 0 Å². The quantitative estimate of drug-likeness (QED) is 0.189. The highest BCUT2D eigenvalue weighted by atomic mass is 15.1. The zero-order chi connectivity index (χ0) is 37.0. The maximum Gasteiger partial charge on any atom is 0.0645 e. The van der Waals surface area contributed by atoms with Gasteiger partial charge in [-0.1, -0.05) is 152 Å². The third-order valence-electron chi connectivity index (χ3n) is 7.99. The number of hydrogen-bond donors (Lipinski definition) is 0. The first-order valence-corrected chi connectivity index (χ1v) is 14.8. The van der Waals surface area contributed by atoms with E-state index >= 15 is 0 Å². The average molecular weight is 582 g/mol. The summed E-state index contributed by atoms with van der Waals surface area (Å²) in [5.74, 6) is 0. The molecule has 0 unspecified atom stereocenters. The van der Waals surface area contributed by atoms with Gasteiger partial charge in [0.1, 0.15) is 0 Å². The SMILES string of the molecule is [2H]c1c([2H])c(N(c2ccc3ccccc3c2)c2c([2H])c([2H])c(-c3c(-c4ccccc4)ccc4ccccc34)c([2H])c2[2H])c([2H])c([2H])c1-c1ccccc1. The number of fused-ring (bicyclic) bond motifs is 2. The van der Waals surface area contributed by atoms with Gasteiger partial charge in [0.2, 0.25) is 0 Å². The van der Waals surface area contributed by atoms with Crippen LogP contribution >= 0.6 is 0 Å². The molecule has 8 rings (SSSR count). The predicted octanol–water partition coefficient (Wildman–Crippen LogP) is 12.5. The molecule has 0 heterocycles. The summed E-state index contributed by atoms with van der Waals surface area (Å²) in [6, 6.07) is 40.3. The van der Waals surface area contributed by atoms with Crippen LogP contribution in [0.1, 0.15) is 11.0 Å². The molecule has 0 aliphatic rings. The van der Waals surface area contributed by atoms with Crippen molar-refractivity contribution in [2.75, 3.05) is 4.90 Å². The van der Waals surface area contributed by atoms with Crippen molar-refractivity contribution in [2.45, 2.75) is 0 Å². The lowest BCUT2D eigenvalue weighted by Crippen LogP contribution is -2.09. The Morgan fingerprint density at radius 2 is 0.889 bits per heavy atom. The fraction of sp³-hybridized carbons (Fsp3) is 0. The highest BCUT2D eigenvalue weighted by Crippen LogP contribution is 2.41. The zero-order valence-electron chi connectivity index (χ0n) is 32.2. The third kappa shape index (κ3) is 5.15. The molecular weight excluding hydrogens is 542 g/mol. The summed E-state index contributed by atoms with van der Waals surface area (Å²) in [5.41, 5.74) is 2.93. The van der Waals surface area contributed by atoms with Crippen LogP contribution in [0.3, 0.4) is 0 Å². The maximum absolute atomic E-state index is 9.57. The summed E-state index contributed by atoms with van der Waals surface area (Å²) < 4.78 is 75.0. The molecule has 45 heavy (non-hydrogen) atoms. The summed E-state index contributed by atoms with van der Waals surface area (Å²) in [7, 11) is 0. The molecule has 0 aromatic heterocycles. The van der Waals surface area contributed by atoms with Crippen LogP contribution in [0.5, 0.6) is 0 Å². The van der Waals surface area contributed by atoms with E-state index in [1.165, 1.54) is 4.90 Å². The van der Waals surface area contributed by atoms with Crippen LogP contribution in [-0.4, -0.2) is 0 Å². The van der Waals surface area contributed by atoms with Crippen LogP contribution in [-0.2, 0) is 0 Å². The molecule has 0 spiro atoms. The standard InChI is InChI=1S/C44H31N/c1-3-11-32(12-4-1)34-19-25-39(26-20-34)45(41-29-21-33-13-7-8-17-38(33)31-41)40-27-22-37(23-28-40)44-42-18-10-9-16-36(42)24-30-43(44)35-14-5-2-6-15-35/h1-31H/i19D,20D,22D,23D,25D,26D,27D,28D. The molecule has 1 nitrogen and oxygen atoms in total. The second-order valence-corrected chi connectivity index (χ2v) is 10.8. The first-order valence-electron chi connectivity index (χ1n) is 18.8. The van der Waals surface area contributed by atoms with E-state index in [0.717, 1.165) is 32.7 Å². The molecule has 0 aliphatic heterocycles. The van der Waals surface area contributed by atoms with Crippen LogP contribution in [0.4, 0.5) is 17.1 Å². The van der Waals surface area contributed by atoms with Gasteiger partial charge in [0, 0.05) is 17.1 Å². The molecule has 1 heteroatoms. The zero-order valence-corrected chi connectivity index (χ0v) is 24.2. The van der Waals surface area contributed by atoms with Crippen molar-refractivity contribution in [3.8, 4) is 33.4 Å². The van der Waals surface area contributed by atoms with E-state index < -0.39 is 0 Å². The van der Waals surface area contributed by atoms with Crippen LogP contribution in [0.15, 0.2) is 188 Å². The molecule has 0 aliphatic carbocycles. The van der Waals surface area contributed by atoms with Crippen LogP contribution in [0.25, 0.3) is 54.9 Å². The van der Waals surface area contributed by atoms with Gasteiger partial charge in [-0.2, -0.15) is 0 Å². The van der Waals surface area contributed by atoms with Gasteiger partial charge in [0.15, 0.2) is 0 Å². The second kappa shape index (κ2) is 11.6. The van der Waals surface area contributed by atoms with Crippen molar-refractivity contribution in [2.24, 2.45) is 0 Å². The first kappa shape index (κ1) is 19.4. The molecule has 8 aromatic carbocycles. The smallest absolute Gasteiger partial charge is 0.0645 e. The third-order valence-corrected chi connectivity index (χ3v) is 7.99. The van der Waals surface area contributed by atoms with Crippen LogP contribution in [0.2, 0.25) is 0 Å². The van der Waals surface area contributed by atoms with Crippen LogP contribution in [0, 0.1) is 0 Å². The normalized spacial score (nSPS) is 13.6. The largest absolute Gasteiger partial charge is 0.310 e. The lowest BCUT2D eigenvalue weighted by molar-refractivity contribution is 1.29. The molecule has 212 valence electrons. The fourth-order valence-electron chi connectivity index (χ4n) is 5.79. The number of rotatable bonds is 6. The fourth-order valence-corrected chi connectivity index (χ4v) is 5.79. The van der Waals surface area contributed by atoms with Crippen molar-refractivity contribution in [1.29, 1.82) is 0 Å². The molecule has 0 amide bonds. The van der Waals surface area contributed by atoms with Crippen molar-refractivity contribution in [3.05, 3.63) is 188 Å². The molecule has 0 saturated carbocycles. The van der Waals surface area contributed by atoms with Gasteiger partial charge in [0.25, 0.3) is 0 Å². The minimum atomic E-state index is -0.384. The minimum absolute atomic E-state index is 0.122. The van der Waals surface area contributed by atoms with Crippen LogP contribution < -0.4 is 4.90 Å². The van der Waals surface area contributed by atoms with E-state index in [2.05, 4.69) is 0 Å². The van der Waals surface area contributed by atoms with Crippen molar-refractivity contribution in [1.82, 2.24) is 0 Å². The van der Waals surface area contributed by atoms with E-state index in [1.54, 1.807) is 36.4 Å². The molecule has 8 aromatic rings. The van der Waals surface area contributed by atoms with Crippen molar-refractivity contribution in [3.63, 3.8) is 0 Å². The Labute approximate surface area is 275 Å². The van der Waals surface area contributed by atoms with E-state index in [0.29, 0.717) is 16.8 Å². The number of hydrogen-bond acceptors (Lipinski definition) is 1. The van der Waals surface area contributed by atoms with E-state index in [1.807, 2.05) is 103 Å². The van der Waals surface area contributed by atoms with Crippen molar-refractivity contribution < 1.29 is 11.0 Å². The Balaban J connectivity index is 1.45. The summed E-state index contributed by atoms with van der Waals surface area (Å²) in [6.07, 6.45) is 0.